The Labute approximate surface area is 170 Å². The predicted molar refractivity (Wildman–Crippen MR) is 109 cm³/mol. The number of fused-ring (bicyclic) bond motifs is 1. The van der Waals surface area contributed by atoms with Gasteiger partial charge in [-0.3, -0.25) is 4.98 Å². The van der Waals surface area contributed by atoms with E-state index in [9.17, 15) is 13.9 Å². The fourth-order valence-electron chi connectivity index (χ4n) is 3.17. The first-order valence-corrected chi connectivity index (χ1v) is 9.22. The average molecular weight is 412 g/mol. The number of hydrogen-bond acceptors (Lipinski definition) is 4. The number of aromatic nitrogens is 2. The van der Waals surface area contributed by atoms with E-state index in [4.69, 9.17) is 11.6 Å². The number of nitrogens with one attached hydrogen (secondary N) is 1. The maximum absolute atomic E-state index is 14.4. The zero-order valence-electron chi connectivity index (χ0n) is 15.3. The molecule has 4 rings (SSSR count). The third-order valence-corrected chi connectivity index (χ3v) is 4.91. The van der Waals surface area contributed by atoms with Crippen molar-refractivity contribution in [2.24, 2.45) is 0 Å². The van der Waals surface area contributed by atoms with Gasteiger partial charge in [0, 0.05) is 23.3 Å². The van der Waals surface area contributed by atoms with Gasteiger partial charge in [-0.15, -0.1) is 0 Å². The first kappa shape index (κ1) is 19.1. The molecule has 2 aromatic carbocycles. The highest BCUT2D eigenvalue weighted by Gasteiger charge is 2.22. The van der Waals surface area contributed by atoms with E-state index in [-0.39, 0.29) is 16.6 Å². The van der Waals surface area contributed by atoms with Crippen LogP contribution in [0.1, 0.15) is 22.7 Å². The molecule has 0 amide bonds. The first-order valence-electron chi connectivity index (χ1n) is 8.84. The number of phenols is 1. The summed E-state index contributed by atoms with van der Waals surface area (Å²) in [6, 6.07) is 12.1. The summed E-state index contributed by atoms with van der Waals surface area (Å²) in [7, 11) is 0. The van der Waals surface area contributed by atoms with Crippen LogP contribution < -0.4 is 5.32 Å². The predicted octanol–water partition coefficient (Wildman–Crippen LogP) is 5.78. The van der Waals surface area contributed by atoms with Gasteiger partial charge in [0.25, 0.3) is 0 Å². The van der Waals surface area contributed by atoms with E-state index in [0.29, 0.717) is 22.2 Å². The Bertz CT molecular complexity index is 1220. The molecule has 0 spiro atoms. The summed E-state index contributed by atoms with van der Waals surface area (Å²) < 4.78 is 28.7. The van der Waals surface area contributed by atoms with E-state index in [0.717, 1.165) is 11.5 Å². The van der Waals surface area contributed by atoms with Gasteiger partial charge in [-0.25, -0.2) is 13.8 Å². The summed E-state index contributed by atoms with van der Waals surface area (Å²) in [6.45, 7) is 1.65. The van der Waals surface area contributed by atoms with Crippen LogP contribution in [-0.4, -0.2) is 15.1 Å². The van der Waals surface area contributed by atoms with E-state index >= 15 is 0 Å². The molecular formula is C22H16ClF2N3O. The summed E-state index contributed by atoms with van der Waals surface area (Å²) >= 11 is 5.79. The molecule has 2 N–H and O–H groups in total. The highest BCUT2D eigenvalue weighted by molar-refractivity contribution is 6.30. The standard InChI is InChI=1S/C22H16ClF2N3O/c1-12-4-5-14(9-17(12)24)19(28-22-18(25)10-15(23)11-27-22)16-7-6-13-3-2-8-26-20(13)21(16)29/h2-11,19,29H,1H3,(H,27,28). The molecule has 1 unspecified atom stereocenters. The minimum absolute atomic E-state index is 0.0686. The molecule has 29 heavy (non-hydrogen) atoms. The molecule has 0 bridgehead atoms. The van der Waals surface area contributed by atoms with Crippen molar-refractivity contribution in [3.05, 3.63) is 94.3 Å². The number of benzene rings is 2. The summed E-state index contributed by atoms with van der Waals surface area (Å²) in [4.78, 5) is 8.22. The van der Waals surface area contributed by atoms with Gasteiger partial charge >= 0.3 is 0 Å². The molecule has 0 aliphatic carbocycles. The van der Waals surface area contributed by atoms with Crippen LogP contribution in [0.15, 0.2) is 60.9 Å². The third-order valence-electron chi connectivity index (χ3n) is 4.71. The van der Waals surface area contributed by atoms with Gasteiger partial charge < -0.3 is 10.4 Å². The Balaban J connectivity index is 1.88. The van der Waals surface area contributed by atoms with E-state index in [1.165, 1.54) is 12.3 Å². The van der Waals surface area contributed by atoms with E-state index < -0.39 is 17.7 Å². The number of anilines is 1. The molecule has 4 aromatic rings. The van der Waals surface area contributed by atoms with Gasteiger partial charge in [0.15, 0.2) is 11.6 Å². The monoisotopic (exact) mass is 411 g/mol. The maximum atomic E-state index is 14.4. The minimum atomic E-state index is -0.778. The Morgan fingerprint density at radius 1 is 1.03 bits per heavy atom. The number of rotatable bonds is 4. The minimum Gasteiger partial charge on any atom is -0.505 e. The molecule has 2 aromatic heterocycles. The van der Waals surface area contributed by atoms with Crippen LogP contribution in [0.4, 0.5) is 14.6 Å². The summed E-state index contributed by atoms with van der Waals surface area (Å²) in [5.74, 6) is -1.21. The van der Waals surface area contributed by atoms with Crippen LogP contribution in [0.3, 0.4) is 0 Å². The van der Waals surface area contributed by atoms with Gasteiger partial charge in [-0.2, -0.15) is 0 Å². The summed E-state index contributed by atoms with van der Waals surface area (Å²) in [6.07, 6.45) is 2.88. The maximum Gasteiger partial charge on any atom is 0.166 e. The zero-order chi connectivity index (χ0) is 20.5. The van der Waals surface area contributed by atoms with Crippen molar-refractivity contribution < 1.29 is 13.9 Å². The average Bonchev–Trinajstić information content (AvgIpc) is 2.71. The van der Waals surface area contributed by atoms with Crippen LogP contribution in [0.2, 0.25) is 5.02 Å². The van der Waals surface area contributed by atoms with Crippen LogP contribution in [0, 0.1) is 18.6 Å². The summed E-state index contributed by atoms with van der Waals surface area (Å²) in [5, 5.41) is 14.7. The van der Waals surface area contributed by atoms with Crippen molar-refractivity contribution in [2.75, 3.05) is 5.32 Å². The lowest BCUT2D eigenvalue weighted by atomic mass is 9.95. The van der Waals surface area contributed by atoms with Gasteiger partial charge in [-0.1, -0.05) is 41.9 Å². The quantitative estimate of drug-likeness (QED) is 0.447. The second kappa shape index (κ2) is 7.64. The largest absolute Gasteiger partial charge is 0.505 e. The number of phenolic OH excluding ortho intramolecular Hbond substituents is 1. The van der Waals surface area contributed by atoms with Crippen molar-refractivity contribution in [3.63, 3.8) is 0 Å². The molecular weight excluding hydrogens is 396 g/mol. The lowest BCUT2D eigenvalue weighted by Crippen LogP contribution is -2.15. The van der Waals surface area contributed by atoms with Crippen LogP contribution >= 0.6 is 11.6 Å². The molecule has 4 nitrogen and oxygen atoms in total. The molecule has 0 radical (unpaired) electrons. The highest BCUT2D eigenvalue weighted by atomic mass is 35.5. The second-order valence-corrected chi connectivity index (χ2v) is 7.08. The number of nitrogens with zero attached hydrogens (tertiary/aromatic N) is 2. The van der Waals surface area contributed by atoms with Crippen LogP contribution in [0.5, 0.6) is 5.75 Å². The zero-order valence-corrected chi connectivity index (χ0v) is 16.1. The normalized spacial score (nSPS) is 12.1. The fourth-order valence-corrected chi connectivity index (χ4v) is 3.31. The van der Waals surface area contributed by atoms with Gasteiger partial charge in [0.05, 0.1) is 11.1 Å². The fraction of sp³-hybridized carbons (Fsp3) is 0.0909. The van der Waals surface area contributed by atoms with E-state index in [1.54, 1.807) is 43.5 Å². The van der Waals surface area contributed by atoms with Gasteiger partial charge in [0.1, 0.15) is 17.1 Å². The highest BCUT2D eigenvalue weighted by Crippen LogP contribution is 2.37. The van der Waals surface area contributed by atoms with Crippen molar-refractivity contribution in [3.8, 4) is 5.75 Å². The second-order valence-electron chi connectivity index (χ2n) is 6.65. The Kier molecular flexibility index (Phi) is 5.03. The number of aromatic hydroxyl groups is 1. The number of hydrogen-bond donors (Lipinski definition) is 2. The molecule has 146 valence electrons. The van der Waals surface area contributed by atoms with Gasteiger partial charge in [0.2, 0.25) is 0 Å². The molecule has 0 aliphatic heterocycles. The number of pyridine rings is 2. The Morgan fingerprint density at radius 3 is 2.62 bits per heavy atom. The van der Waals surface area contributed by atoms with Crippen molar-refractivity contribution >= 4 is 28.3 Å². The third kappa shape index (κ3) is 3.71. The van der Waals surface area contributed by atoms with Crippen LogP contribution in [-0.2, 0) is 0 Å². The SMILES string of the molecule is Cc1ccc(C(Nc2ncc(Cl)cc2F)c2ccc3cccnc3c2O)cc1F. The molecule has 0 saturated carbocycles. The first-order chi connectivity index (χ1) is 13.9. The molecule has 0 saturated heterocycles. The number of aryl methyl sites for hydroxylation is 1. The lowest BCUT2D eigenvalue weighted by molar-refractivity contribution is 0.471. The van der Waals surface area contributed by atoms with Crippen molar-refractivity contribution in [2.45, 2.75) is 13.0 Å². The van der Waals surface area contributed by atoms with E-state index in [1.807, 2.05) is 6.07 Å². The molecule has 0 aliphatic rings. The molecule has 1 atom stereocenters. The Hall–Kier alpha value is -3.25. The number of halogens is 3. The van der Waals surface area contributed by atoms with Gasteiger partial charge in [-0.05, 0) is 36.2 Å². The lowest BCUT2D eigenvalue weighted by Gasteiger charge is -2.22. The van der Waals surface area contributed by atoms with Crippen molar-refractivity contribution in [1.82, 2.24) is 9.97 Å². The molecule has 7 heteroatoms. The Morgan fingerprint density at radius 2 is 1.86 bits per heavy atom. The smallest absolute Gasteiger partial charge is 0.166 e. The summed E-state index contributed by atoms with van der Waals surface area (Å²) in [5.41, 5.74) is 1.78. The molecule has 0 fully saturated rings. The van der Waals surface area contributed by atoms with E-state index in [2.05, 4.69) is 15.3 Å². The van der Waals surface area contributed by atoms with Crippen molar-refractivity contribution in [1.29, 1.82) is 0 Å². The molecule has 2 heterocycles. The topological polar surface area (TPSA) is 58.0 Å². The van der Waals surface area contributed by atoms with Crippen LogP contribution in [0.25, 0.3) is 10.9 Å².